The fraction of sp³-hybridized carbons (Fsp3) is 0.500. The largest absolute Gasteiger partial charge is 0.384 e. The van der Waals surface area contributed by atoms with Gasteiger partial charge in [0.2, 0.25) is 0 Å². The number of nitrogens with one attached hydrogen (secondary N) is 2. The van der Waals surface area contributed by atoms with Crippen LogP contribution in [0.25, 0.3) is 0 Å². The monoisotopic (exact) mass is 237 g/mol. The highest BCUT2D eigenvalue weighted by molar-refractivity contribution is 5.94. The summed E-state index contributed by atoms with van der Waals surface area (Å²) >= 11 is 0. The van der Waals surface area contributed by atoms with Gasteiger partial charge in [-0.25, -0.2) is 4.98 Å². The normalized spacial score (nSPS) is 11.9. The lowest BCUT2D eigenvalue weighted by Crippen LogP contribution is -2.29. The number of carbonyl (C=O) groups is 1. The number of ether oxygens (including phenoxy) is 1. The van der Waals surface area contributed by atoms with Crippen LogP contribution in [0.5, 0.6) is 0 Å². The molecule has 0 bridgehead atoms. The van der Waals surface area contributed by atoms with E-state index < -0.39 is 0 Å². The van der Waals surface area contributed by atoms with E-state index in [1.807, 2.05) is 6.92 Å². The van der Waals surface area contributed by atoms with Crippen LogP contribution >= 0.6 is 0 Å². The Bertz CT molecular complexity index is 351. The first-order chi connectivity index (χ1) is 8.17. The third-order valence-corrected chi connectivity index (χ3v) is 2.34. The van der Waals surface area contributed by atoms with Crippen LogP contribution in [0.15, 0.2) is 18.3 Å². The van der Waals surface area contributed by atoms with Crippen molar-refractivity contribution in [2.45, 2.75) is 6.92 Å². The van der Waals surface area contributed by atoms with E-state index >= 15 is 0 Å². The number of hydrogen-bond acceptors (Lipinski definition) is 4. The van der Waals surface area contributed by atoms with E-state index in [0.717, 1.165) is 5.82 Å². The van der Waals surface area contributed by atoms with Crippen LogP contribution in [0.1, 0.15) is 17.3 Å². The smallest absolute Gasteiger partial charge is 0.252 e. The van der Waals surface area contributed by atoms with E-state index in [1.165, 1.54) is 0 Å². The van der Waals surface area contributed by atoms with Gasteiger partial charge in [0.25, 0.3) is 5.91 Å². The number of methoxy groups -OCH3 is 1. The Morgan fingerprint density at radius 2 is 2.29 bits per heavy atom. The van der Waals surface area contributed by atoms with Crippen LogP contribution in [0.3, 0.4) is 0 Å². The number of pyridine rings is 1. The SMILES string of the molecule is CNc1ccc(C(=O)NCC(C)COC)cn1. The van der Waals surface area contributed by atoms with Crippen molar-refractivity contribution in [3.8, 4) is 0 Å². The number of anilines is 1. The van der Waals surface area contributed by atoms with E-state index in [1.54, 1.807) is 32.5 Å². The van der Waals surface area contributed by atoms with Gasteiger partial charge in [0.15, 0.2) is 0 Å². The molecule has 1 amide bonds. The van der Waals surface area contributed by atoms with Crippen LogP contribution in [-0.2, 0) is 4.74 Å². The van der Waals surface area contributed by atoms with Crippen molar-refractivity contribution in [2.24, 2.45) is 5.92 Å². The molecule has 0 spiro atoms. The average molecular weight is 237 g/mol. The maximum absolute atomic E-state index is 11.7. The van der Waals surface area contributed by atoms with Crippen LogP contribution in [0.2, 0.25) is 0 Å². The topological polar surface area (TPSA) is 63.2 Å². The number of aromatic nitrogens is 1. The molecule has 1 rings (SSSR count). The lowest BCUT2D eigenvalue weighted by atomic mass is 10.2. The van der Waals surface area contributed by atoms with Gasteiger partial charge in [0, 0.05) is 26.9 Å². The van der Waals surface area contributed by atoms with E-state index in [0.29, 0.717) is 24.6 Å². The first-order valence-electron chi connectivity index (χ1n) is 5.58. The molecule has 0 aliphatic rings. The summed E-state index contributed by atoms with van der Waals surface area (Å²) in [6.45, 7) is 3.25. The standard InChI is InChI=1S/C12H19N3O2/c1-9(8-17-3)6-15-12(16)10-4-5-11(13-2)14-7-10/h4-5,7,9H,6,8H2,1-3H3,(H,13,14)(H,15,16). The summed E-state index contributed by atoms with van der Waals surface area (Å²) in [6, 6.07) is 3.52. The molecule has 1 heterocycles. The van der Waals surface area contributed by atoms with Gasteiger partial charge >= 0.3 is 0 Å². The number of carbonyl (C=O) groups excluding carboxylic acids is 1. The van der Waals surface area contributed by atoms with Gasteiger partial charge < -0.3 is 15.4 Å². The first kappa shape index (κ1) is 13.4. The predicted molar refractivity (Wildman–Crippen MR) is 67.2 cm³/mol. The zero-order chi connectivity index (χ0) is 12.7. The molecule has 17 heavy (non-hydrogen) atoms. The highest BCUT2D eigenvalue weighted by Crippen LogP contribution is 2.04. The predicted octanol–water partition coefficient (Wildman–Crippen LogP) is 1.14. The molecule has 0 saturated carbocycles. The highest BCUT2D eigenvalue weighted by atomic mass is 16.5. The third-order valence-electron chi connectivity index (χ3n) is 2.34. The van der Waals surface area contributed by atoms with Crippen LogP contribution in [0.4, 0.5) is 5.82 Å². The van der Waals surface area contributed by atoms with Crippen molar-refractivity contribution in [3.63, 3.8) is 0 Å². The van der Waals surface area contributed by atoms with Gasteiger partial charge in [-0.3, -0.25) is 4.79 Å². The molecule has 5 heteroatoms. The molecule has 0 aliphatic carbocycles. The second-order valence-electron chi connectivity index (χ2n) is 3.95. The average Bonchev–Trinajstić information content (AvgIpc) is 2.36. The molecule has 0 aliphatic heterocycles. The molecule has 94 valence electrons. The summed E-state index contributed by atoms with van der Waals surface area (Å²) in [5.41, 5.74) is 0.564. The third kappa shape index (κ3) is 4.40. The van der Waals surface area contributed by atoms with Gasteiger partial charge in [-0.1, -0.05) is 6.92 Å². The molecule has 1 unspecified atom stereocenters. The van der Waals surface area contributed by atoms with Crippen molar-refractivity contribution in [1.29, 1.82) is 0 Å². The molecule has 1 atom stereocenters. The lowest BCUT2D eigenvalue weighted by Gasteiger charge is -2.11. The van der Waals surface area contributed by atoms with Gasteiger partial charge in [-0.05, 0) is 18.1 Å². The Hall–Kier alpha value is -1.62. The molecule has 2 N–H and O–H groups in total. The maximum Gasteiger partial charge on any atom is 0.252 e. The van der Waals surface area contributed by atoms with Crippen molar-refractivity contribution in [3.05, 3.63) is 23.9 Å². The molecule has 0 aromatic carbocycles. The van der Waals surface area contributed by atoms with Gasteiger partial charge in [-0.2, -0.15) is 0 Å². The second kappa shape index (κ2) is 6.85. The van der Waals surface area contributed by atoms with E-state index in [2.05, 4.69) is 15.6 Å². The Morgan fingerprint density at radius 1 is 1.53 bits per heavy atom. The minimum absolute atomic E-state index is 0.108. The Kier molecular flexibility index (Phi) is 5.42. The van der Waals surface area contributed by atoms with Crippen LogP contribution in [-0.4, -0.2) is 38.2 Å². The van der Waals surface area contributed by atoms with Crippen molar-refractivity contribution in [1.82, 2.24) is 10.3 Å². The van der Waals surface area contributed by atoms with Crippen molar-refractivity contribution in [2.75, 3.05) is 32.6 Å². The summed E-state index contributed by atoms with van der Waals surface area (Å²) in [5, 5.41) is 5.74. The fourth-order valence-corrected chi connectivity index (χ4v) is 1.39. The minimum Gasteiger partial charge on any atom is -0.384 e. The van der Waals surface area contributed by atoms with Crippen molar-refractivity contribution >= 4 is 11.7 Å². The Labute approximate surface area is 102 Å². The lowest BCUT2D eigenvalue weighted by molar-refractivity contribution is 0.0934. The number of amides is 1. The zero-order valence-electron chi connectivity index (χ0n) is 10.5. The van der Waals surface area contributed by atoms with Crippen LogP contribution < -0.4 is 10.6 Å². The maximum atomic E-state index is 11.7. The fourth-order valence-electron chi connectivity index (χ4n) is 1.39. The summed E-state index contributed by atoms with van der Waals surface area (Å²) in [6.07, 6.45) is 1.56. The zero-order valence-corrected chi connectivity index (χ0v) is 10.5. The van der Waals surface area contributed by atoms with Crippen molar-refractivity contribution < 1.29 is 9.53 Å². The highest BCUT2D eigenvalue weighted by Gasteiger charge is 2.08. The number of rotatable bonds is 6. The molecule has 0 saturated heterocycles. The van der Waals surface area contributed by atoms with E-state index in [-0.39, 0.29) is 5.91 Å². The minimum atomic E-state index is -0.108. The Balaban J connectivity index is 2.46. The quantitative estimate of drug-likeness (QED) is 0.778. The summed E-state index contributed by atoms with van der Waals surface area (Å²) in [5.74, 6) is 0.936. The molecule has 0 radical (unpaired) electrons. The number of hydrogen-bond donors (Lipinski definition) is 2. The first-order valence-corrected chi connectivity index (χ1v) is 5.58. The van der Waals surface area contributed by atoms with Gasteiger partial charge in [-0.15, -0.1) is 0 Å². The van der Waals surface area contributed by atoms with E-state index in [4.69, 9.17) is 4.74 Å². The molecule has 5 nitrogen and oxygen atoms in total. The molecule has 1 aromatic heterocycles. The van der Waals surface area contributed by atoms with Crippen LogP contribution in [0, 0.1) is 5.92 Å². The molecular weight excluding hydrogens is 218 g/mol. The molecular formula is C12H19N3O2. The summed E-state index contributed by atoms with van der Waals surface area (Å²) in [7, 11) is 3.44. The molecule has 0 fully saturated rings. The van der Waals surface area contributed by atoms with Gasteiger partial charge in [0.1, 0.15) is 5.82 Å². The molecule has 1 aromatic rings. The van der Waals surface area contributed by atoms with Gasteiger partial charge in [0.05, 0.1) is 12.2 Å². The van der Waals surface area contributed by atoms with E-state index in [9.17, 15) is 4.79 Å². The Morgan fingerprint density at radius 3 is 2.82 bits per heavy atom. The number of nitrogens with zero attached hydrogens (tertiary/aromatic N) is 1. The summed E-state index contributed by atoms with van der Waals surface area (Å²) < 4.78 is 5.00. The second-order valence-corrected chi connectivity index (χ2v) is 3.95. The summed E-state index contributed by atoms with van der Waals surface area (Å²) in [4.78, 5) is 15.8.